The topological polar surface area (TPSA) is 43.4 Å². The van der Waals surface area contributed by atoms with Crippen LogP contribution in [-0.4, -0.2) is 18.9 Å². The predicted molar refractivity (Wildman–Crippen MR) is 78.8 cm³/mol. The summed E-state index contributed by atoms with van der Waals surface area (Å²) in [5, 5.41) is 0. The van der Waals surface area contributed by atoms with Gasteiger partial charge in [0.15, 0.2) is 5.78 Å². The van der Waals surface area contributed by atoms with E-state index in [1.807, 2.05) is 27.7 Å². The average Bonchev–Trinajstić information content (AvgIpc) is 2.59. The van der Waals surface area contributed by atoms with Gasteiger partial charge in [-0.1, -0.05) is 19.9 Å². The van der Waals surface area contributed by atoms with Gasteiger partial charge in [0.2, 0.25) is 0 Å². The van der Waals surface area contributed by atoms with Crippen LogP contribution in [0.15, 0.2) is 12.1 Å². The molecule has 0 atom stereocenters. The molecule has 0 saturated carbocycles. The highest BCUT2D eigenvalue weighted by Crippen LogP contribution is 2.39. The predicted octanol–water partition coefficient (Wildman–Crippen LogP) is 3.25. The van der Waals surface area contributed by atoms with E-state index in [0.29, 0.717) is 0 Å². The minimum atomic E-state index is -0.393. The molecule has 0 aliphatic heterocycles. The highest BCUT2D eigenvalue weighted by molar-refractivity contribution is 6.06. The highest BCUT2D eigenvalue weighted by Gasteiger charge is 2.39. The number of benzene rings is 1. The summed E-state index contributed by atoms with van der Waals surface area (Å²) >= 11 is 0. The Morgan fingerprint density at radius 1 is 1.35 bits per heavy atom. The first-order chi connectivity index (χ1) is 9.27. The van der Waals surface area contributed by atoms with E-state index in [4.69, 9.17) is 0 Å². The standard InChI is InChI=1S/C17H20O3/c1-10-8-12-9-17(3,4)16(19)15(12)11(2)13(10)6-7-14(18)20-5/h6-8H,9H2,1-5H3/b7-6+. The maximum absolute atomic E-state index is 12.5. The maximum atomic E-state index is 12.5. The molecular formula is C17H20O3. The molecule has 1 aromatic rings. The number of hydrogen-bond donors (Lipinski definition) is 0. The molecule has 0 saturated heterocycles. The zero-order valence-electron chi connectivity index (χ0n) is 12.7. The largest absolute Gasteiger partial charge is 0.466 e. The van der Waals surface area contributed by atoms with Gasteiger partial charge in [0, 0.05) is 17.1 Å². The van der Waals surface area contributed by atoms with E-state index in [0.717, 1.165) is 34.2 Å². The van der Waals surface area contributed by atoms with Gasteiger partial charge in [-0.05, 0) is 48.6 Å². The number of Topliss-reactive ketones (excluding diaryl/α,β-unsaturated/α-hetero) is 1. The van der Waals surface area contributed by atoms with Crippen LogP contribution in [0, 0.1) is 19.3 Å². The number of ketones is 1. The number of fused-ring (bicyclic) bond motifs is 1. The first-order valence-electron chi connectivity index (χ1n) is 6.72. The third kappa shape index (κ3) is 2.28. The van der Waals surface area contributed by atoms with Gasteiger partial charge in [-0.25, -0.2) is 4.79 Å². The lowest BCUT2D eigenvalue weighted by molar-refractivity contribution is -0.134. The summed E-state index contributed by atoms with van der Waals surface area (Å²) in [4.78, 5) is 23.7. The van der Waals surface area contributed by atoms with Crippen LogP contribution in [0.4, 0.5) is 0 Å². The van der Waals surface area contributed by atoms with E-state index in [1.54, 1.807) is 6.08 Å². The van der Waals surface area contributed by atoms with Crippen LogP contribution in [0.5, 0.6) is 0 Å². The molecule has 1 aliphatic carbocycles. The molecule has 0 fully saturated rings. The second-order valence-electron chi connectivity index (χ2n) is 6.01. The maximum Gasteiger partial charge on any atom is 0.330 e. The molecule has 3 nitrogen and oxygen atoms in total. The zero-order valence-corrected chi connectivity index (χ0v) is 12.7. The van der Waals surface area contributed by atoms with Crippen LogP contribution in [0.1, 0.15) is 46.5 Å². The molecule has 0 bridgehead atoms. The first kappa shape index (κ1) is 14.5. The summed E-state index contributed by atoms with van der Waals surface area (Å²) in [6, 6.07) is 2.06. The molecule has 106 valence electrons. The Kier molecular flexibility index (Phi) is 3.55. The lowest BCUT2D eigenvalue weighted by atomic mass is 9.88. The van der Waals surface area contributed by atoms with Crippen molar-refractivity contribution in [2.24, 2.45) is 5.41 Å². The zero-order chi connectivity index (χ0) is 15.1. The van der Waals surface area contributed by atoms with Gasteiger partial charge in [0.1, 0.15) is 0 Å². The average molecular weight is 272 g/mol. The third-order valence-electron chi connectivity index (χ3n) is 3.98. The molecular weight excluding hydrogens is 252 g/mol. The Morgan fingerprint density at radius 3 is 2.60 bits per heavy atom. The van der Waals surface area contributed by atoms with Crippen molar-refractivity contribution in [3.63, 3.8) is 0 Å². The van der Waals surface area contributed by atoms with Crippen LogP contribution in [0.25, 0.3) is 6.08 Å². The molecule has 2 rings (SSSR count). The van der Waals surface area contributed by atoms with Crippen molar-refractivity contribution in [2.45, 2.75) is 34.1 Å². The van der Waals surface area contributed by atoms with Crippen LogP contribution < -0.4 is 0 Å². The van der Waals surface area contributed by atoms with E-state index < -0.39 is 5.97 Å². The molecule has 0 unspecified atom stereocenters. The monoisotopic (exact) mass is 272 g/mol. The molecule has 1 aliphatic rings. The lowest BCUT2D eigenvalue weighted by Crippen LogP contribution is -2.19. The van der Waals surface area contributed by atoms with Crippen LogP contribution in [0.2, 0.25) is 0 Å². The van der Waals surface area contributed by atoms with Crippen LogP contribution >= 0.6 is 0 Å². The molecule has 0 amide bonds. The molecule has 20 heavy (non-hydrogen) atoms. The normalized spacial score (nSPS) is 16.6. The van der Waals surface area contributed by atoms with E-state index in [-0.39, 0.29) is 11.2 Å². The summed E-state index contributed by atoms with van der Waals surface area (Å²) < 4.78 is 4.61. The lowest BCUT2D eigenvalue weighted by Gasteiger charge is -2.13. The van der Waals surface area contributed by atoms with E-state index in [2.05, 4.69) is 10.8 Å². The van der Waals surface area contributed by atoms with Crippen molar-refractivity contribution in [3.8, 4) is 0 Å². The molecule has 0 N–H and O–H groups in total. The van der Waals surface area contributed by atoms with Crippen molar-refractivity contribution >= 4 is 17.8 Å². The number of ether oxygens (including phenoxy) is 1. The number of hydrogen-bond acceptors (Lipinski definition) is 3. The number of carbonyl (C=O) groups excluding carboxylic acids is 2. The van der Waals surface area contributed by atoms with Crippen molar-refractivity contribution in [2.75, 3.05) is 7.11 Å². The molecule has 0 heterocycles. The molecule has 0 radical (unpaired) electrons. The van der Waals surface area contributed by atoms with Crippen LogP contribution in [0.3, 0.4) is 0 Å². The van der Waals surface area contributed by atoms with Crippen molar-refractivity contribution in [1.29, 1.82) is 0 Å². The van der Waals surface area contributed by atoms with Gasteiger partial charge in [0.05, 0.1) is 7.11 Å². The van der Waals surface area contributed by atoms with Gasteiger partial charge in [-0.2, -0.15) is 0 Å². The summed E-state index contributed by atoms with van der Waals surface area (Å²) in [5.41, 5.74) is 4.57. The van der Waals surface area contributed by atoms with Gasteiger partial charge in [-0.3, -0.25) is 4.79 Å². The minimum Gasteiger partial charge on any atom is -0.466 e. The molecule has 0 spiro atoms. The Bertz CT molecular complexity index is 622. The number of rotatable bonds is 2. The van der Waals surface area contributed by atoms with E-state index >= 15 is 0 Å². The Balaban J connectivity index is 2.54. The fourth-order valence-electron chi connectivity index (χ4n) is 2.91. The van der Waals surface area contributed by atoms with E-state index in [9.17, 15) is 9.59 Å². The first-order valence-corrected chi connectivity index (χ1v) is 6.72. The SMILES string of the molecule is COC(=O)/C=C/c1c(C)cc2c(c1C)C(=O)C(C)(C)C2. The molecule has 1 aromatic carbocycles. The van der Waals surface area contributed by atoms with Gasteiger partial charge >= 0.3 is 5.97 Å². The van der Waals surface area contributed by atoms with Gasteiger partial charge in [-0.15, -0.1) is 0 Å². The molecule has 3 heteroatoms. The second kappa shape index (κ2) is 4.89. The van der Waals surface area contributed by atoms with E-state index in [1.165, 1.54) is 13.2 Å². The summed E-state index contributed by atoms with van der Waals surface area (Å²) in [5.74, 6) is -0.200. The number of carbonyl (C=O) groups is 2. The quantitative estimate of drug-likeness (QED) is 0.613. The third-order valence-corrected chi connectivity index (χ3v) is 3.98. The molecule has 0 aromatic heterocycles. The number of aryl methyl sites for hydroxylation is 1. The number of esters is 1. The smallest absolute Gasteiger partial charge is 0.330 e. The second-order valence-corrected chi connectivity index (χ2v) is 6.01. The summed E-state index contributed by atoms with van der Waals surface area (Å²) in [7, 11) is 1.35. The fourth-order valence-corrected chi connectivity index (χ4v) is 2.91. The fraction of sp³-hybridized carbons (Fsp3) is 0.412. The Labute approximate surface area is 119 Å². The minimum absolute atomic E-state index is 0.192. The Morgan fingerprint density at radius 2 is 2.00 bits per heavy atom. The Hall–Kier alpha value is -1.90. The van der Waals surface area contributed by atoms with Gasteiger partial charge < -0.3 is 4.74 Å². The highest BCUT2D eigenvalue weighted by atomic mass is 16.5. The summed E-state index contributed by atoms with van der Waals surface area (Å²) in [6.45, 7) is 7.91. The van der Waals surface area contributed by atoms with Crippen molar-refractivity contribution < 1.29 is 14.3 Å². The summed E-state index contributed by atoms with van der Waals surface area (Å²) in [6.07, 6.45) is 3.91. The van der Waals surface area contributed by atoms with Gasteiger partial charge in [0.25, 0.3) is 0 Å². The number of methoxy groups -OCH3 is 1. The van der Waals surface area contributed by atoms with Crippen LogP contribution in [-0.2, 0) is 16.0 Å². The van der Waals surface area contributed by atoms with Crippen molar-refractivity contribution in [3.05, 3.63) is 40.0 Å². The van der Waals surface area contributed by atoms with Crippen molar-refractivity contribution in [1.82, 2.24) is 0 Å².